The highest BCUT2D eigenvalue weighted by Crippen LogP contribution is 2.35. The van der Waals surface area contributed by atoms with Gasteiger partial charge in [0.15, 0.2) is 11.6 Å². The van der Waals surface area contributed by atoms with Crippen LogP contribution in [0.4, 0.5) is 36.3 Å². The lowest BCUT2D eigenvalue weighted by Crippen LogP contribution is -2.28. The fourth-order valence-corrected chi connectivity index (χ4v) is 3.64. The molecule has 2 N–H and O–H groups in total. The minimum Gasteiger partial charge on any atom is -0.367 e. The number of hydrogen-bond donors (Lipinski definition) is 2. The summed E-state index contributed by atoms with van der Waals surface area (Å²) in [6, 6.07) is 3.18. The molecule has 1 amide bonds. The first-order valence-electron chi connectivity index (χ1n) is 10.3. The molecular formula is C21H23F3N8O. The number of fused-ring (bicyclic) bond motifs is 1. The van der Waals surface area contributed by atoms with Crippen molar-refractivity contribution < 1.29 is 18.0 Å². The molecule has 4 heterocycles. The molecule has 3 aromatic rings. The Hall–Kier alpha value is -3.70. The Bertz CT molecular complexity index is 1190. The molecule has 0 aromatic carbocycles. The van der Waals surface area contributed by atoms with E-state index in [0.29, 0.717) is 23.8 Å². The highest BCUT2D eigenvalue weighted by Gasteiger charge is 2.32. The van der Waals surface area contributed by atoms with Crippen molar-refractivity contribution in [1.82, 2.24) is 25.1 Å². The quantitative estimate of drug-likeness (QED) is 0.597. The number of nitrogens with zero attached hydrogens (tertiary/aromatic N) is 6. The van der Waals surface area contributed by atoms with Gasteiger partial charge in [-0.3, -0.25) is 14.9 Å². The summed E-state index contributed by atoms with van der Waals surface area (Å²) in [4.78, 5) is 27.8. The van der Waals surface area contributed by atoms with Crippen molar-refractivity contribution in [3.63, 3.8) is 0 Å². The summed E-state index contributed by atoms with van der Waals surface area (Å²) in [5, 5.41) is 9.65. The van der Waals surface area contributed by atoms with Crippen LogP contribution in [0.5, 0.6) is 0 Å². The number of aromatic nitrogens is 5. The third-order valence-electron chi connectivity index (χ3n) is 5.51. The Labute approximate surface area is 188 Å². The normalized spacial score (nSPS) is 13.4. The molecule has 33 heavy (non-hydrogen) atoms. The van der Waals surface area contributed by atoms with E-state index in [1.54, 1.807) is 0 Å². The number of alkyl halides is 3. The van der Waals surface area contributed by atoms with E-state index in [1.807, 2.05) is 12.3 Å². The Morgan fingerprint density at radius 2 is 2.00 bits per heavy atom. The Morgan fingerprint density at radius 1 is 1.24 bits per heavy atom. The molecule has 0 unspecified atom stereocenters. The van der Waals surface area contributed by atoms with Gasteiger partial charge in [-0.15, -0.1) is 5.10 Å². The summed E-state index contributed by atoms with van der Waals surface area (Å²) in [6.07, 6.45) is -1.20. The van der Waals surface area contributed by atoms with Gasteiger partial charge in [0.2, 0.25) is 11.9 Å². The predicted octanol–water partition coefficient (Wildman–Crippen LogP) is 3.78. The van der Waals surface area contributed by atoms with Crippen molar-refractivity contribution in [1.29, 1.82) is 0 Å². The molecule has 4 rings (SSSR count). The van der Waals surface area contributed by atoms with Crippen LogP contribution in [-0.2, 0) is 17.4 Å². The number of hydrogen-bond acceptors (Lipinski definition) is 7. The summed E-state index contributed by atoms with van der Waals surface area (Å²) in [5.41, 5.74) is 1.84. The number of aromatic amines is 1. The summed E-state index contributed by atoms with van der Waals surface area (Å²) >= 11 is 0. The van der Waals surface area contributed by atoms with Gasteiger partial charge in [-0.05, 0) is 38.0 Å². The zero-order chi connectivity index (χ0) is 23.9. The van der Waals surface area contributed by atoms with Crippen LogP contribution < -0.4 is 15.1 Å². The lowest BCUT2D eigenvalue weighted by atomic mass is 10.2. The van der Waals surface area contributed by atoms with Crippen molar-refractivity contribution in [2.45, 2.75) is 39.4 Å². The number of anilines is 4. The molecule has 0 aliphatic carbocycles. The number of pyridine rings is 2. The van der Waals surface area contributed by atoms with Crippen molar-refractivity contribution >= 4 is 29.0 Å². The number of amides is 1. The van der Waals surface area contributed by atoms with E-state index in [1.165, 1.54) is 14.0 Å². The van der Waals surface area contributed by atoms with Gasteiger partial charge in [-0.2, -0.15) is 18.2 Å². The lowest BCUT2D eigenvalue weighted by molar-refractivity contribution is -0.137. The third-order valence-corrected chi connectivity index (χ3v) is 5.51. The van der Waals surface area contributed by atoms with Gasteiger partial charge < -0.3 is 15.1 Å². The van der Waals surface area contributed by atoms with Crippen LogP contribution >= 0.6 is 0 Å². The van der Waals surface area contributed by atoms with Gasteiger partial charge in [-0.25, -0.2) is 4.98 Å². The van der Waals surface area contributed by atoms with E-state index in [-0.39, 0.29) is 17.5 Å². The van der Waals surface area contributed by atoms with Crippen molar-refractivity contribution in [3.8, 4) is 11.5 Å². The molecule has 0 saturated heterocycles. The van der Waals surface area contributed by atoms with E-state index in [4.69, 9.17) is 0 Å². The van der Waals surface area contributed by atoms with Gasteiger partial charge in [0.25, 0.3) is 0 Å². The molecule has 1 aliphatic heterocycles. The minimum atomic E-state index is -4.60. The van der Waals surface area contributed by atoms with E-state index in [0.717, 1.165) is 35.2 Å². The predicted molar refractivity (Wildman–Crippen MR) is 117 cm³/mol. The summed E-state index contributed by atoms with van der Waals surface area (Å²) in [6.45, 7) is 6.43. The second kappa shape index (κ2) is 8.34. The van der Waals surface area contributed by atoms with Crippen molar-refractivity contribution in [2.75, 3.05) is 28.7 Å². The second-order valence-electron chi connectivity index (χ2n) is 8.04. The number of carbonyl (C=O) groups is 1. The van der Waals surface area contributed by atoms with Gasteiger partial charge >= 0.3 is 6.18 Å². The van der Waals surface area contributed by atoms with Crippen LogP contribution in [0.2, 0.25) is 0 Å². The fraction of sp³-hybridized carbons (Fsp3) is 0.381. The van der Waals surface area contributed by atoms with Gasteiger partial charge in [0.05, 0.1) is 23.1 Å². The zero-order valence-corrected chi connectivity index (χ0v) is 18.5. The van der Waals surface area contributed by atoms with Crippen LogP contribution in [-0.4, -0.2) is 50.7 Å². The minimum absolute atomic E-state index is 0.0146. The molecule has 9 nitrogen and oxygen atoms in total. The molecule has 0 radical (unpaired) electrons. The van der Waals surface area contributed by atoms with Crippen molar-refractivity contribution in [3.05, 3.63) is 35.7 Å². The second-order valence-corrected chi connectivity index (χ2v) is 8.04. The monoisotopic (exact) mass is 460 g/mol. The molecule has 174 valence electrons. The average molecular weight is 460 g/mol. The fourth-order valence-electron chi connectivity index (χ4n) is 3.64. The maximum atomic E-state index is 13.1. The molecule has 0 saturated carbocycles. The maximum absolute atomic E-state index is 13.1. The molecule has 0 atom stereocenters. The maximum Gasteiger partial charge on any atom is 0.417 e. The first-order valence-corrected chi connectivity index (χ1v) is 10.3. The van der Waals surface area contributed by atoms with Crippen LogP contribution in [0.15, 0.2) is 24.5 Å². The first-order chi connectivity index (χ1) is 15.5. The van der Waals surface area contributed by atoms with Crippen LogP contribution in [0.3, 0.4) is 0 Å². The number of rotatable bonds is 5. The molecule has 12 heteroatoms. The summed E-state index contributed by atoms with van der Waals surface area (Å²) < 4.78 is 39.4. The lowest BCUT2D eigenvalue weighted by Gasteiger charge is -2.23. The van der Waals surface area contributed by atoms with E-state index in [9.17, 15) is 18.0 Å². The third kappa shape index (κ3) is 4.45. The first kappa shape index (κ1) is 22.5. The Kier molecular flexibility index (Phi) is 5.68. The molecule has 0 spiro atoms. The van der Waals surface area contributed by atoms with E-state index in [2.05, 4.69) is 49.2 Å². The Balaban J connectivity index is 1.61. The number of H-pyrrole nitrogens is 1. The number of halogens is 3. The van der Waals surface area contributed by atoms with Gasteiger partial charge in [0, 0.05) is 32.8 Å². The standard InChI is InChI=1S/C21H23F3N8O/c1-11(2)32-6-5-13-7-15(25-10-17(13)32)18-27-20(30-29-18)28-19-16(31(4)12(3)33)8-14(9-26-19)21(22,23)24/h7-11H,5-6H2,1-4H3,(H2,26,27,28,29,30). The highest BCUT2D eigenvalue weighted by molar-refractivity contribution is 5.94. The topological polar surface area (TPSA) is 103 Å². The largest absolute Gasteiger partial charge is 0.417 e. The van der Waals surface area contributed by atoms with Crippen molar-refractivity contribution in [2.24, 2.45) is 0 Å². The number of nitrogens with one attached hydrogen (secondary N) is 2. The average Bonchev–Trinajstić information content (AvgIpc) is 3.39. The molecule has 0 fully saturated rings. The van der Waals surface area contributed by atoms with E-state index >= 15 is 0 Å². The smallest absolute Gasteiger partial charge is 0.367 e. The number of carbonyl (C=O) groups excluding carboxylic acids is 1. The zero-order valence-electron chi connectivity index (χ0n) is 18.5. The molecule has 1 aliphatic rings. The Morgan fingerprint density at radius 3 is 2.67 bits per heavy atom. The van der Waals surface area contributed by atoms with Gasteiger partial charge in [0.1, 0.15) is 5.69 Å². The SMILES string of the molecule is CC(=O)N(C)c1cc(C(F)(F)F)cnc1Nc1n[nH]c(-c2cc3c(cn2)N(C(C)C)CC3)n1. The molecule has 3 aromatic heterocycles. The van der Waals surface area contributed by atoms with Gasteiger partial charge in [-0.1, -0.05) is 0 Å². The summed E-state index contributed by atoms with van der Waals surface area (Å²) in [7, 11) is 1.36. The molecular weight excluding hydrogens is 437 g/mol. The van der Waals surface area contributed by atoms with Crippen LogP contribution in [0.25, 0.3) is 11.5 Å². The van der Waals surface area contributed by atoms with E-state index < -0.39 is 17.6 Å². The molecule has 0 bridgehead atoms. The summed E-state index contributed by atoms with van der Waals surface area (Å²) in [5.74, 6) is 0.0478. The van der Waals surface area contributed by atoms with Crippen LogP contribution in [0, 0.1) is 0 Å². The highest BCUT2D eigenvalue weighted by atomic mass is 19.4. The van der Waals surface area contributed by atoms with Crippen LogP contribution in [0.1, 0.15) is 31.9 Å².